The van der Waals surface area contributed by atoms with Crippen molar-refractivity contribution in [2.75, 3.05) is 13.2 Å². The van der Waals surface area contributed by atoms with Gasteiger partial charge in [0.2, 0.25) is 6.29 Å². The van der Waals surface area contributed by atoms with Gasteiger partial charge in [0.05, 0.1) is 5.69 Å². The highest BCUT2D eigenvalue weighted by molar-refractivity contribution is 6.31. The number of nitrogens with zero attached hydrogens (tertiary/aromatic N) is 1. The van der Waals surface area contributed by atoms with E-state index >= 15 is 0 Å². The van der Waals surface area contributed by atoms with Crippen LogP contribution in [0.15, 0.2) is 18.3 Å². The first kappa shape index (κ1) is 11.2. The van der Waals surface area contributed by atoms with Gasteiger partial charge in [-0.1, -0.05) is 11.5 Å². The Morgan fingerprint density at radius 3 is 2.36 bits per heavy atom. The maximum absolute atomic E-state index is 5.53. The molecule has 0 aliphatic rings. The van der Waals surface area contributed by atoms with Crippen LogP contribution < -0.4 is 5.46 Å². The van der Waals surface area contributed by atoms with Gasteiger partial charge in [-0.05, 0) is 19.9 Å². The van der Waals surface area contributed by atoms with Gasteiger partial charge in [-0.25, -0.2) is 0 Å². The van der Waals surface area contributed by atoms with E-state index in [0.29, 0.717) is 18.7 Å². The van der Waals surface area contributed by atoms with Crippen LogP contribution in [0.1, 0.15) is 25.8 Å². The SMILES string of the molecule is [B]c1ccc(C(OCC)OCC)nc1. The Kier molecular flexibility index (Phi) is 4.63. The number of aromatic nitrogens is 1. The maximum Gasteiger partial charge on any atom is 0.201 e. The first-order valence-corrected chi connectivity index (χ1v) is 4.72. The highest BCUT2D eigenvalue weighted by Crippen LogP contribution is 2.14. The summed E-state index contributed by atoms with van der Waals surface area (Å²) >= 11 is 0. The molecule has 1 aromatic heterocycles. The van der Waals surface area contributed by atoms with E-state index < -0.39 is 0 Å². The predicted molar refractivity (Wildman–Crippen MR) is 55.6 cm³/mol. The molecule has 0 unspecified atom stereocenters. The topological polar surface area (TPSA) is 31.4 Å². The zero-order valence-corrected chi connectivity index (χ0v) is 8.56. The molecule has 2 radical (unpaired) electrons. The summed E-state index contributed by atoms with van der Waals surface area (Å²) in [6.07, 6.45) is 1.21. The van der Waals surface area contributed by atoms with Crippen LogP contribution in [0, 0.1) is 0 Å². The van der Waals surface area contributed by atoms with Crippen molar-refractivity contribution in [2.45, 2.75) is 20.1 Å². The maximum atomic E-state index is 5.53. The standard InChI is InChI=1S/C10H14BNO2/c1-3-13-10(14-4-2)9-6-5-8(11)7-12-9/h5-7,10H,3-4H2,1-2H3. The summed E-state index contributed by atoms with van der Waals surface area (Å²) in [5, 5.41) is 0. The van der Waals surface area contributed by atoms with Crippen molar-refractivity contribution in [3.05, 3.63) is 24.0 Å². The lowest BCUT2D eigenvalue weighted by molar-refractivity contribution is -0.142. The lowest BCUT2D eigenvalue weighted by Gasteiger charge is -2.16. The minimum Gasteiger partial charge on any atom is -0.347 e. The molecule has 1 aromatic rings. The largest absolute Gasteiger partial charge is 0.347 e. The molecule has 0 atom stereocenters. The van der Waals surface area contributed by atoms with E-state index in [0.717, 1.165) is 5.69 Å². The van der Waals surface area contributed by atoms with Crippen molar-refractivity contribution in [2.24, 2.45) is 0 Å². The van der Waals surface area contributed by atoms with Crippen molar-refractivity contribution in [3.8, 4) is 0 Å². The highest BCUT2D eigenvalue weighted by Gasteiger charge is 2.11. The Morgan fingerprint density at radius 1 is 1.29 bits per heavy atom. The Bertz CT molecular complexity index is 257. The summed E-state index contributed by atoms with van der Waals surface area (Å²) in [7, 11) is 5.53. The normalized spacial score (nSPS) is 10.8. The van der Waals surface area contributed by atoms with Gasteiger partial charge >= 0.3 is 0 Å². The summed E-state index contributed by atoms with van der Waals surface area (Å²) in [4.78, 5) is 4.14. The molecule has 14 heavy (non-hydrogen) atoms. The molecule has 0 fully saturated rings. The first-order chi connectivity index (χ1) is 6.77. The molecule has 0 spiro atoms. The van der Waals surface area contributed by atoms with Crippen LogP contribution in [0.2, 0.25) is 0 Å². The van der Waals surface area contributed by atoms with Gasteiger partial charge in [0.1, 0.15) is 7.85 Å². The molecular weight excluding hydrogens is 177 g/mol. The third kappa shape index (κ3) is 3.12. The minimum atomic E-state index is -0.384. The second kappa shape index (κ2) is 5.78. The van der Waals surface area contributed by atoms with Crippen LogP contribution in [0.5, 0.6) is 0 Å². The zero-order valence-electron chi connectivity index (χ0n) is 8.56. The highest BCUT2D eigenvalue weighted by atomic mass is 16.7. The summed E-state index contributed by atoms with van der Waals surface area (Å²) in [5.41, 5.74) is 1.39. The summed E-state index contributed by atoms with van der Waals surface area (Å²) < 4.78 is 10.8. The Labute approximate surface area is 85.9 Å². The van der Waals surface area contributed by atoms with Crippen LogP contribution in [0.25, 0.3) is 0 Å². The van der Waals surface area contributed by atoms with Crippen molar-refractivity contribution in [3.63, 3.8) is 0 Å². The van der Waals surface area contributed by atoms with Crippen molar-refractivity contribution < 1.29 is 9.47 Å². The fourth-order valence-electron chi connectivity index (χ4n) is 1.08. The molecule has 0 aliphatic heterocycles. The van der Waals surface area contributed by atoms with Gasteiger partial charge in [0, 0.05) is 19.4 Å². The lowest BCUT2D eigenvalue weighted by Crippen LogP contribution is -2.13. The van der Waals surface area contributed by atoms with Crippen molar-refractivity contribution in [1.29, 1.82) is 0 Å². The van der Waals surface area contributed by atoms with Gasteiger partial charge in [-0.15, -0.1) is 0 Å². The van der Waals surface area contributed by atoms with E-state index in [1.165, 1.54) is 0 Å². The zero-order chi connectivity index (χ0) is 10.4. The van der Waals surface area contributed by atoms with Crippen molar-refractivity contribution in [1.82, 2.24) is 4.98 Å². The van der Waals surface area contributed by atoms with E-state index in [1.54, 1.807) is 12.3 Å². The molecule has 3 nitrogen and oxygen atoms in total. The molecule has 4 heteroatoms. The van der Waals surface area contributed by atoms with E-state index in [2.05, 4.69) is 4.98 Å². The fraction of sp³-hybridized carbons (Fsp3) is 0.500. The molecule has 1 rings (SSSR count). The molecule has 0 bridgehead atoms. The van der Waals surface area contributed by atoms with Gasteiger partial charge in [-0.2, -0.15) is 0 Å². The molecule has 74 valence electrons. The van der Waals surface area contributed by atoms with Crippen LogP contribution >= 0.6 is 0 Å². The molecule has 0 saturated carbocycles. The Hall–Kier alpha value is -0.865. The number of hydrogen-bond donors (Lipinski definition) is 0. The molecule has 0 aromatic carbocycles. The minimum absolute atomic E-state index is 0.384. The van der Waals surface area contributed by atoms with E-state index in [1.807, 2.05) is 19.9 Å². The molecule has 1 heterocycles. The average molecular weight is 191 g/mol. The summed E-state index contributed by atoms with van der Waals surface area (Å²) in [6.45, 7) is 5.03. The van der Waals surface area contributed by atoms with Gasteiger partial charge < -0.3 is 9.47 Å². The second-order valence-electron chi connectivity index (χ2n) is 2.76. The first-order valence-electron chi connectivity index (χ1n) is 4.72. The molecular formula is C10H14BNO2. The Balaban J connectivity index is 2.71. The Morgan fingerprint density at radius 2 is 1.93 bits per heavy atom. The fourth-order valence-corrected chi connectivity index (χ4v) is 1.08. The average Bonchev–Trinajstić information content (AvgIpc) is 2.19. The number of rotatable bonds is 5. The summed E-state index contributed by atoms with van der Waals surface area (Å²) in [6, 6.07) is 3.60. The third-order valence-electron chi connectivity index (χ3n) is 1.69. The van der Waals surface area contributed by atoms with Gasteiger partial charge in [0.25, 0.3) is 0 Å². The predicted octanol–water partition coefficient (Wildman–Crippen LogP) is 0.947. The third-order valence-corrected chi connectivity index (χ3v) is 1.69. The molecule has 0 N–H and O–H groups in total. The van der Waals surface area contributed by atoms with Gasteiger partial charge in [-0.3, -0.25) is 4.98 Å². The van der Waals surface area contributed by atoms with E-state index in [9.17, 15) is 0 Å². The quantitative estimate of drug-likeness (QED) is 0.512. The van der Waals surface area contributed by atoms with Crippen molar-refractivity contribution >= 4 is 13.3 Å². The van der Waals surface area contributed by atoms with Gasteiger partial charge in [0.15, 0.2) is 0 Å². The summed E-state index contributed by atoms with van der Waals surface area (Å²) in [5.74, 6) is 0. The number of hydrogen-bond acceptors (Lipinski definition) is 3. The number of ether oxygens (including phenoxy) is 2. The van der Waals surface area contributed by atoms with E-state index in [4.69, 9.17) is 17.3 Å². The van der Waals surface area contributed by atoms with Crippen LogP contribution in [-0.2, 0) is 9.47 Å². The second-order valence-corrected chi connectivity index (χ2v) is 2.76. The lowest BCUT2D eigenvalue weighted by atomic mass is 9.99. The van der Waals surface area contributed by atoms with Crippen LogP contribution in [-0.4, -0.2) is 26.0 Å². The molecule has 0 aliphatic carbocycles. The number of pyridine rings is 1. The van der Waals surface area contributed by atoms with Crippen LogP contribution in [0.4, 0.5) is 0 Å². The van der Waals surface area contributed by atoms with E-state index in [-0.39, 0.29) is 6.29 Å². The van der Waals surface area contributed by atoms with Crippen LogP contribution in [0.3, 0.4) is 0 Å². The molecule has 0 saturated heterocycles. The smallest absolute Gasteiger partial charge is 0.201 e. The molecule has 0 amide bonds. The monoisotopic (exact) mass is 191 g/mol.